The first-order chi connectivity index (χ1) is 9.46. The van der Waals surface area contributed by atoms with Gasteiger partial charge < -0.3 is 20.1 Å². The second kappa shape index (κ2) is 10.5. The molecule has 0 saturated carbocycles. The number of amides is 2. The van der Waals surface area contributed by atoms with Crippen LogP contribution >= 0.6 is 0 Å². The van der Waals surface area contributed by atoms with Crippen molar-refractivity contribution in [2.75, 3.05) is 27.2 Å². The van der Waals surface area contributed by atoms with E-state index < -0.39 is 5.97 Å². The van der Waals surface area contributed by atoms with Crippen molar-refractivity contribution in [3.8, 4) is 0 Å². The molecule has 0 rings (SSSR count). The van der Waals surface area contributed by atoms with Gasteiger partial charge in [0.05, 0.1) is 12.5 Å². The number of urea groups is 1. The second-order valence-electron chi connectivity index (χ2n) is 4.94. The molecule has 0 fully saturated rings. The molecule has 1 atom stereocenters. The SMILES string of the molecule is CCC(CC)C(CCNC(=O)N(C)CCC(=O)O)OC. The first-order valence-corrected chi connectivity index (χ1v) is 7.19. The van der Waals surface area contributed by atoms with Crippen LogP contribution in [0.5, 0.6) is 0 Å². The Balaban J connectivity index is 4.02. The number of carboxylic acid groups (broad SMARTS) is 1. The standard InChI is InChI=1S/C14H28N2O4/c1-5-11(6-2)12(20-4)7-9-15-14(19)16(3)10-8-13(17)18/h11-12H,5-10H2,1-4H3,(H,15,19)(H,17,18). The first-order valence-electron chi connectivity index (χ1n) is 7.19. The normalized spacial score (nSPS) is 12.2. The summed E-state index contributed by atoms with van der Waals surface area (Å²) in [6, 6.07) is -0.245. The summed E-state index contributed by atoms with van der Waals surface area (Å²) in [4.78, 5) is 23.5. The van der Waals surface area contributed by atoms with E-state index in [1.54, 1.807) is 14.2 Å². The molecule has 0 aliphatic heterocycles. The predicted molar refractivity (Wildman–Crippen MR) is 77.8 cm³/mol. The van der Waals surface area contributed by atoms with Crippen LogP contribution in [0.1, 0.15) is 39.5 Å². The van der Waals surface area contributed by atoms with Gasteiger partial charge in [-0.2, -0.15) is 0 Å². The number of carboxylic acids is 1. The molecule has 0 radical (unpaired) electrons. The third-order valence-electron chi connectivity index (χ3n) is 3.59. The summed E-state index contributed by atoms with van der Waals surface area (Å²) in [6.07, 6.45) is 2.98. The number of carbonyl (C=O) groups is 2. The minimum absolute atomic E-state index is 0.0433. The lowest BCUT2D eigenvalue weighted by atomic mass is 9.94. The Kier molecular flexibility index (Phi) is 9.80. The monoisotopic (exact) mass is 288 g/mol. The topological polar surface area (TPSA) is 78.9 Å². The second-order valence-corrected chi connectivity index (χ2v) is 4.94. The minimum Gasteiger partial charge on any atom is -0.481 e. The van der Waals surface area contributed by atoms with Crippen molar-refractivity contribution in [1.29, 1.82) is 0 Å². The van der Waals surface area contributed by atoms with E-state index in [9.17, 15) is 9.59 Å². The van der Waals surface area contributed by atoms with Gasteiger partial charge in [0.1, 0.15) is 0 Å². The highest BCUT2D eigenvalue weighted by Crippen LogP contribution is 2.18. The fourth-order valence-electron chi connectivity index (χ4n) is 2.18. The van der Waals surface area contributed by atoms with Crippen LogP contribution in [0.25, 0.3) is 0 Å². The maximum atomic E-state index is 11.7. The molecule has 0 spiro atoms. The van der Waals surface area contributed by atoms with E-state index in [-0.39, 0.29) is 25.1 Å². The Morgan fingerprint density at radius 1 is 1.30 bits per heavy atom. The number of hydrogen-bond donors (Lipinski definition) is 2. The number of rotatable bonds is 10. The van der Waals surface area contributed by atoms with Gasteiger partial charge in [-0.15, -0.1) is 0 Å². The first kappa shape index (κ1) is 18.7. The fraction of sp³-hybridized carbons (Fsp3) is 0.857. The zero-order valence-corrected chi connectivity index (χ0v) is 13.0. The molecule has 1 unspecified atom stereocenters. The van der Waals surface area contributed by atoms with Gasteiger partial charge in [0.2, 0.25) is 0 Å². The lowest BCUT2D eigenvalue weighted by Crippen LogP contribution is -2.40. The van der Waals surface area contributed by atoms with Crippen LogP contribution in [0.3, 0.4) is 0 Å². The Labute approximate surface area is 121 Å². The van der Waals surface area contributed by atoms with Crippen molar-refractivity contribution < 1.29 is 19.4 Å². The van der Waals surface area contributed by atoms with Gasteiger partial charge in [-0.25, -0.2) is 4.79 Å². The average molecular weight is 288 g/mol. The highest BCUT2D eigenvalue weighted by Gasteiger charge is 2.18. The average Bonchev–Trinajstić information content (AvgIpc) is 2.43. The van der Waals surface area contributed by atoms with Gasteiger partial charge in [0.25, 0.3) is 0 Å². The Bertz CT molecular complexity index is 293. The zero-order chi connectivity index (χ0) is 15.5. The summed E-state index contributed by atoms with van der Waals surface area (Å²) in [5.74, 6) is -0.403. The molecule has 0 bridgehead atoms. The fourth-order valence-corrected chi connectivity index (χ4v) is 2.18. The van der Waals surface area contributed by atoms with Gasteiger partial charge >= 0.3 is 12.0 Å². The van der Waals surface area contributed by atoms with Crippen LogP contribution in [0.4, 0.5) is 4.79 Å². The van der Waals surface area contributed by atoms with Gasteiger partial charge in [0.15, 0.2) is 0 Å². The third-order valence-corrected chi connectivity index (χ3v) is 3.59. The van der Waals surface area contributed by atoms with E-state index >= 15 is 0 Å². The van der Waals surface area contributed by atoms with E-state index in [1.807, 2.05) is 0 Å². The molecule has 0 aromatic rings. The largest absolute Gasteiger partial charge is 0.481 e. The molecule has 2 N–H and O–H groups in total. The van der Waals surface area contributed by atoms with Crippen molar-refractivity contribution in [2.45, 2.75) is 45.6 Å². The van der Waals surface area contributed by atoms with Gasteiger partial charge in [-0.3, -0.25) is 4.79 Å². The summed E-state index contributed by atoms with van der Waals surface area (Å²) in [7, 11) is 3.29. The van der Waals surface area contributed by atoms with Crippen LogP contribution in [-0.2, 0) is 9.53 Å². The Hall–Kier alpha value is -1.30. The number of aliphatic carboxylic acids is 1. The lowest BCUT2D eigenvalue weighted by Gasteiger charge is -2.24. The molecule has 0 aromatic heterocycles. The third kappa shape index (κ3) is 7.33. The number of nitrogens with zero attached hydrogens (tertiary/aromatic N) is 1. The Morgan fingerprint density at radius 2 is 1.90 bits per heavy atom. The van der Waals surface area contributed by atoms with E-state index in [2.05, 4.69) is 19.2 Å². The van der Waals surface area contributed by atoms with Crippen LogP contribution in [0.2, 0.25) is 0 Å². The molecular weight excluding hydrogens is 260 g/mol. The molecule has 0 aliphatic carbocycles. The van der Waals surface area contributed by atoms with Crippen LogP contribution in [0, 0.1) is 5.92 Å². The van der Waals surface area contributed by atoms with E-state index in [4.69, 9.17) is 9.84 Å². The maximum absolute atomic E-state index is 11.7. The van der Waals surface area contributed by atoms with E-state index in [0.29, 0.717) is 12.5 Å². The number of nitrogens with one attached hydrogen (secondary N) is 1. The van der Waals surface area contributed by atoms with Crippen molar-refractivity contribution in [1.82, 2.24) is 10.2 Å². The number of carbonyl (C=O) groups excluding carboxylic acids is 1. The molecule has 6 heteroatoms. The molecular formula is C14H28N2O4. The van der Waals surface area contributed by atoms with Gasteiger partial charge in [0, 0.05) is 27.2 Å². The number of methoxy groups -OCH3 is 1. The molecule has 2 amide bonds. The quantitative estimate of drug-likeness (QED) is 0.644. The lowest BCUT2D eigenvalue weighted by molar-refractivity contribution is -0.137. The van der Waals surface area contributed by atoms with Crippen LogP contribution < -0.4 is 5.32 Å². The molecule has 0 saturated heterocycles. The summed E-state index contributed by atoms with van der Waals surface area (Å²) < 4.78 is 5.47. The summed E-state index contributed by atoms with van der Waals surface area (Å²) in [5.41, 5.74) is 0. The van der Waals surface area contributed by atoms with Gasteiger partial charge in [-0.1, -0.05) is 26.7 Å². The molecule has 6 nitrogen and oxygen atoms in total. The predicted octanol–water partition coefficient (Wildman–Crippen LogP) is 1.94. The van der Waals surface area contributed by atoms with Crippen molar-refractivity contribution in [2.24, 2.45) is 5.92 Å². The van der Waals surface area contributed by atoms with Crippen LogP contribution in [0.15, 0.2) is 0 Å². The number of ether oxygens (including phenoxy) is 1. The van der Waals surface area contributed by atoms with Crippen molar-refractivity contribution >= 4 is 12.0 Å². The maximum Gasteiger partial charge on any atom is 0.317 e. The molecule has 0 aliphatic rings. The van der Waals surface area contributed by atoms with Crippen molar-refractivity contribution in [3.05, 3.63) is 0 Å². The molecule has 0 aromatic carbocycles. The van der Waals surface area contributed by atoms with Crippen LogP contribution in [-0.4, -0.2) is 55.4 Å². The minimum atomic E-state index is -0.905. The van der Waals surface area contributed by atoms with E-state index in [0.717, 1.165) is 19.3 Å². The van der Waals surface area contributed by atoms with Gasteiger partial charge in [-0.05, 0) is 12.3 Å². The summed E-state index contributed by atoms with van der Waals surface area (Å²) >= 11 is 0. The van der Waals surface area contributed by atoms with Crippen molar-refractivity contribution in [3.63, 3.8) is 0 Å². The summed E-state index contributed by atoms with van der Waals surface area (Å²) in [6.45, 7) is 5.02. The highest BCUT2D eigenvalue weighted by molar-refractivity contribution is 5.74. The number of hydrogen-bond acceptors (Lipinski definition) is 3. The van der Waals surface area contributed by atoms with E-state index in [1.165, 1.54) is 4.90 Å². The summed E-state index contributed by atoms with van der Waals surface area (Å²) in [5, 5.41) is 11.4. The zero-order valence-electron chi connectivity index (χ0n) is 13.0. The smallest absolute Gasteiger partial charge is 0.317 e. The Morgan fingerprint density at radius 3 is 2.35 bits per heavy atom. The highest BCUT2D eigenvalue weighted by atomic mass is 16.5. The molecule has 118 valence electrons. The molecule has 0 heterocycles. The molecule has 20 heavy (non-hydrogen) atoms.